The average Bonchev–Trinajstić information content (AvgIpc) is 2.61. The maximum absolute atomic E-state index is 12.3. The van der Waals surface area contributed by atoms with Crippen molar-refractivity contribution in [3.8, 4) is 11.8 Å². The Morgan fingerprint density at radius 3 is 2.84 bits per heavy atom. The van der Waals surface area contributed by atoms with Gasteiger partial charge in [0.05, 0.1) is 23.4 Å². The first-order chi connectivity index (χ1) is 12.0. The molecule has 0 aliphatic carbocycles. The predicted molar refractivity (Wildman–Crippen MR) is 93.4 cm³/mol. The average molecular weight is 335 g/mol. The van der Waals surface area contributed by atoms with Gasteiger partial charge in [0.25, 0.3) is 5.91 Å². The molecule has 1 unspecified atom stereocenters. The number of hydrogen-bond donors (Lipinski definition) is 1. The van der Waals surface area contributed by atoms with Gasteiger partial charge in [-0.1, -0.05) is 18.2 Å². The number of hydrogen-bond acceptors (Lipinski definition) is 4. The summed E-state index contributed by atoms with van der Waals surface area (Å²) in [5.74, 6) is 0.257. The number of anilines is 2. The van der Waals surface area contributed by atoms with Crippen LogP contribution in [0.4, 0.5) is 11.4 Å². The molecule has 6 heteroatoms. The maximum atomic E-state index is 12.3. The fourth-order valence-corrected chi connectivity index (χ4v) is 2.74. The van der Waals surface area contributed by atoms with E-state index in [-0.39, 0.29) is 18.2 Å². The molecular formula is C19H17N3O3. The number of nitrogens with zero attached hydrogens (tertiary/aromatic N) is 2. The van der Waals surface area contributed by atoms with Crippen LogP contribution >= 0.6 is 0 Å². The highest BCUT2D eigenvalue weighted by molar-refractivity contribution is 6.00. The highest BCUT2D eigenvalue weighted by Crippen LogP contribution is 2.34. The fraction of sp³-hybridized carbons (Fsp3) is 0.211. The van der Waals surface area contributed by atoms with Gasteiger partial charge in [-0.25, -0.2) is 0 Å². The molecule has 1 aliphatic rings. The summed E-state index contributed by atoms with van der Waals surface area (Å²) < 4.78 is 5.57. The Bertz CT molecular complexity index is 886. The molecule has 2 aromatic rings. The second kappa shape index (κ2) is 6.65. The number of carbonyl (C=O) groups excluding carboxylic acids is 2. The van der Waals surface area contributed by atoms with Crippen LogP contribution in [-0.4, -0.2) is 25.0 Å². The molecular weight excluding hydrogens is 318 g/mol. The van der Waals surface area contributed by atoms with E-state index in [2.05, 4.69) is 5.32 Å². The molecule has 0 aromatic heterocycles. The van der Waals surface area contributed by atoms with Gasteiger partial charge in [-0.3, -0.25) is 9.59 Å². The Labute approximate surface area is 145 Å². The second-order valence-corrected chi connectivity index (χ2v) is 5.84. The zero-order valence-electron chi connectivity index (χ0n) is 13.9. The van der Waals surface area contributed by atoms with Gasteiger partial charge in [-0.2, -0.15) is 5.26 Å². The second-order valence-electron chi connectivity index (χ2n) is 5.84. The minimum Gasteiger partial charge on any atom is -0.479 e. The van der Waals surface area contributed by atoms with Crippen molar-refractivity contribution >= 4 is 23.2 Å². The molecule has 0 radical (unpaired) electrons. The third-order valence-electron chi connectivity index (χ3n) is 4.05. The highest BCUT2D eigenvalue weighted by Gasteiger charge is 2.29. The molecule has 1 atom stereocenters. The summed E-state index contributed by atoms with van der Waals surface area (Å²) in [4.78, 5) is 25.8. The summed E-state index contributed by atoms with van der Waals surface area (Å²) in [6, 6.07) is 14.2. The smallest absolute Gasteiger partial charge is 0.267 e. The quantitative estimate of drug-likeness (QED) is 0.934. The lowest BCUT2D eigenvalue weighted by Crippen LogP contribution is -2.42. The van der Waals surface area contributed by atoms with E-state index < -0.39 is 6.10 Å². The summed E-state index contributed by atoms with van der Waals surface area (Å²) in [6.45, 7) is 1.70. The summed E-state index contributed by atoms with van der Waals surface area (Å²) in [6.07, 6.45) is -0.390. The predicted octanol–water partition coefficient (Wildman–Crippen LogP) is 2.48. The van der Waals surface area contributed by atoms with Crippen LogP contribution in [0.5, 0.6) is 5.75 Å². The van der Waals surface area contributed by atoms with Crippen molar-refractivity contribution in [1.29, 1.82) is 5.26 Å². The highest BCUT2D eigenvalue weighted by atomic mass is 16.5. The number of para-hydroxylation sites is 1. The van der Waals surface area contributed by atoms with E-state index in [1.807, 2.05) is 6.07 Å². The van der Waals surface area contributed by atoms with Gasteiger partial charge in [0.1, 0.15) is 11.8 Å². The first-order valence-corrected chi connectivity index (χ1v) is 7.85. The Hall–Kier alpha value is -3.33. The number of carbonyl (C=O) groups is 2. The Kier molecular flexibility index (Phi) is 4.40. The van der Waals surface area contributed by atoms with Crippen LogP contribution in [0.1, 0.15) is 18.1 Å². The number of likely N-dealkylation sites (N-methyl/N-ethyl adjacent to an activating group) is 1. The molecule has 1 N–H and O–H groups in total. The number of benzene rings is 2. The van der Waals surface area contributed by atoms with Gasteiger partial charge in [-0.15, -0.1) is 0 Å². The lowest BCUT2D eigenvalue weighted by molar-refractivity contribution is -0.125. The van der Waals surface area contributed by atoms with Gasteiger partial charge in [0.2, 0.25) is 5.91 Å². The van der Waals surface area contributed by atoms with Crippen LogP contribution in [0.15, 0.2) is 42.5 Å². The van der Waals surface area contributed by atoms with E-state index in [9.17, 15) is 9.59 Å². The molecule has 0 saturated heterocycles. The summed E-state index contributed by atoms with van der Waals surface area (Å²) in [5, 5.41) is 11.8. The fourth-order valence-electron chi connectivity index (χ4n) is 2.74. The van der Waals surface area contributed by atoms with Crippen molar-refractivity contribution in [3.63, 3.8) is 0 Å². The first kappa shape index (κ1) is 16.5. The molecule has 0 fully saturated rings. The molecule has 6 nitrogen and oxygen atoms in total. The third-order valence-corrected chi connectivity index (χ3v) is 4.05. The van der Waals surface area contributed by atoms with E-state index in [1.54, 1.807) is 56.4 Å². The Balaban J connectivity index is 1.77. The number of ether oxygens (including phenoxy) is 1. The normalized spacial score (nSPS) is 15.8. The lowest BCUT2D eigenvalue weighted by atomic mass is 10.1. The number of rotatable bonds is 3. The van der Waals surface area contributed by atoms with Crippen LogP contribution in [-0.2, 0) is 16.0 Å². The SMILES string of the molecule is CC1Oc2ccc(CC(=O)Nc3ccccc3C#N)cc2N(C)C1=O. The zero-order chi connectivity index (χ0) is 18.0. The van der Waals surface area contributed by atoms with Gasteiger partial charge >= 0.3 is 0 Å². The van der Waals surface area contributed by atoms with Gasteiger partial charge in [0, 0.05) is 7.05 Å². The largest absolute Gasteiger partial charge is 0.479 e. The molecule has 25 heavy (non-hydrogen) atoms. The van der Waals surface area contributed by atoms with E-state index >= 15 is 0 Å². The number of nitrogens with one attached hydrogen (secondary N) is 1. The monoisotopic (exact) mass is 335 g/mol. The van der Waals surface area contributed by atoms with Crippen molar-refractivity contribution in [3.05, 3.63) is 53.6 Å². The molecule has 1 heterocycles. The number of fused-ring (bicyclic) bond motifs is 1. The van der Waals surface area contributed by atoms with E-state index in [0.29, 0.717) is 22.7 Å². The molecule has 0 saturated carbocycles. The standard InChI is InChI=1S/C19H17N3O3/c1-12-19(24)22(2)16-9-13(7-8-17(16)25-12)10-18(23)21-15-6-4-3-5-14(15)11-20/h3-9,12H,10H2,1-2H3,(H,21,23). The summed E-state index contributed by atoms with van der Waals surface area (Å²) in [7, 11) is 1.69. The summed E-state index contributed by atoms with van der Waals surface area (Å²) >= 11 is 0. The van der Waals surface area contributed by atoms with Crippen molar-refractivity contribution in [2.24, 2.45) is 0 Å². The van der Waals surface area contributed by atoms with Crippen molar-refractivity contribution < 1.29 is 14.3 Å². The Morgan fingerprint density at radius 1 is 1.32 bits per heavy atom. The van der Waals surface area contributed by atoms with Gasteiger partial charge in [-0.05, 0) is 36.8 Å². The van der Waals surface area contributed by atoms with Crippen LogP contribution < -0.4 is 15.0 Å². The van der Waals surface area contributed by atoms with Gasteiger partial charge in [0.15, 0.2) is 6.10 Å². The van der Waals surface area contributed by atoms with E-state index in [4.69, 9.17) is 10.00 Å². The van der Waals surface area contributed by atoms with Crippen molar-refractivity contribution in [1.82, 2.24) is 0 Å². The van der Waals surface area contributed by atoms with Crippen LogP contribution in [0.2, 0.25) is 0 Å². The zero-order valence-corrected chi connectivity index (χ0v) is 13.9. The Morgan fingerprint density at radius 2 is 2.08 bits per heavy atom. The van der Waals surface area contributed by atoms with Crippen molar-refractivity contribution in [2.75, 3.05) is 17.3 Å². The molecule has 2 aromatic carbocycles. The van der Waals surface area contributed by atoms with Gasteiger partial charge < -0.3 is 15.0 Å². The number of nitriles is 1. The summed E-state index contributed by atoms with van der Waals surface area (Å²) in [5.41, 5.74) is 2.29. The first-order valence-electron chi connectivity index (χ1n) is 7.85. The molecule has 126 valence electrons. The lowest BCUT2D eigenvalue weighted by Gasteiger charge is -2.30. The van der Waals surface area contributed by atoms with E-state index in [1.165, 1.54) is 4.90 Å². The third kappa shape index (κ3) is 3.31. The molecule has 1 aliphatic heterocycles. The molecule has 0 bridgehead atoms. The minimum atomic E-state index is -0.519. The molecule has 2 amide bonds. The van der Waals surface area contributed by atoms with Crippen LogP contribution in [0, 0.1) is 11.3 Å². The molecule has 3 rings (SSSR count). The van der Waals surface area contributed by atoms with Crippen molar-refractivity contribution in [2.45, 2.75) is 19.4 Å². The minimum absolute atomic E-state index is 0.128. The number of amides is 2. The van der Waals surface area contributed by atoms with Crippen LogP contribution in [0.3, 0.4) is 0 Å². The van der Waals surface area contributed by atoms with E-state index in [0.717, 1.165) is 5.56 Å². The molecule has 0 spiro atoms. The maximum Gasteiger partial charge on any atom is 0.267 e. The van der Waals surface area contributed by atoms with Crippen LogP contribution in [0.25, 0.3) is 0 Å². The topological polar surface area (TPSA) is 82.4 Å².